The second-order valence-corrected chi connectivity index (χ2v) is 6.84. The summed E-state index contributed by atoms with van der Waals surface area (Å²) in [5, 5.41) is 0. The molecule has 126 valence electrons. The van der Waals surface area contributed by atoms with E-state index in [2.05, 4.69) is 0 Å². The number of ketones is 1. The molecule has 1 saturated carbocycles. The van der Waals surface area contributed by atoms with Gasteiger partial charge < -0.3 is 0 Å². The summed E-state index contributed by atoms with van der Waals surface area (Å²) in [7, 11) is 0. The van der Waals surface area contributed by atoms with Gasteiger partial charge >= 0.3 is 0 Å². The minimum atomic E-state index is -0.511. The van der Waals surface area contributed by atoms with E-state index in [0.29, 0.717) is 6.42 Å². The predicted molar refractivity (Wildman–Crippen MR) is 92.4 cm³/mol. The molecule has 2 aromatic carbocycles. The van der Waals surface area contributed by atoms with Crippen LogP contribution in [-0.2, 0) is 20.9 Å². The molecule has 4 nitrogen and oxygen atoms in total. The number of nitrogens with zero attached hydrogens (tertiary/aromatic N) is 1. The Hall–Kier alpha value is -2.75. The molecule has 2 fully saturated rings. The molecule has 0 aromatic heterocycles. The van der Waals surface area contributed by atoms with Crippen molar-refractivity contribution in [2.45, 2.75) is 25.3 Å². The van der Waals surface area contributed by atoms with E-state index >= 15 is 0 Å². The largest absolute Gasteiger partial charge is 0.300 e. The maximum Gasteiger partial charge on any atom is 0.234 e. The number of fused-ring (bicyclic) bond motifs is 1. The van der Waals surface area contributed by atoms with E-state index in [-0.39, 0.29) is 36.5 Å². The van der Waals surface area contributed by atoms with Crippen LogP contribution in [0.5, 0.6) is 0 Å². The molecule has 4 rings (SSSR count). The number of rotatable bonds is 3. The third kappa shape index (κ3) is 2.78. The average Bonchev–Trinajstić information content (AvgIpc) is 2.87. The first-order valence-electron chi connectivity index (χ1n) is 8.61. The summed E-state index contributed by atoms with van der Waals surface area (Å²) in [5.41, 5.74) is 1.89. The maximum atomic E-state index is 13.0. The molecule has 1 aliphatic heterocycles. The summed E-state index contributed by atoms with van der Waals surface area (Å²) < 4.78 is 0. The fraction of sp³-hybridized carbons (Fsp3) is 0.286. The summed E-state index contributed by atoms with van der Waals surface area (Å²) in [4.78, 5) is 39.4. The van der Waals surface area contributed by atoms with Crippen molar-refractivity contribution in [3.05, 3.63) is 71.8 Å². The Kier molecular flexibility index (Phi) is 3.96. The van der Waals surface area contributed by atoms with Crippen molar-refractivity contribution in [1.82, 2.24) is 4.90 Å². The molecule has 0 bridgehead atoms. The summed E-state index contributed by atoms with van der Waals surface area (Å²) in [6, 6.07) is 19.1. The summed E-state index contributed by atoms with van der Waals surface area (Å²) in [6.07, 6.45) is 0.521. The second-order valence-electron chi connectivity index (χ2n) is 6.84. The summed E-state index contributed by atoms with van der Waals surface area (Å²) >= 11 is 0. The van der Waals surface area contributed by atoms with Gasteiger partial charge in [0.05, 0.1) is 18.4 Å². The lowest BCUT2D eigenvalue weighted by atomic mass is 9.70. The fourth-order valence-electron chi connectivity index (χ4n) is 4.13. The number of benzene rings is 2. The molecule has 1 saturated heterocycles. The van der Waals surface area contributed by atoms with Gasteiger partial charge in [0.2, 0.25) is 11.8 Å². The van der Waals surface area contributed by atoms with Crippen LogP contribution in [0, 0.1) is 11.8 Å². The second kappa shape index (κ2) is 6.28. The number of imide groups is 1. The van der Waals surface area contributed by atoms with E-state index in [1.807, 2.05) is 60.7 Å². The Bertz CT molecular complexity index is 816. The average molecular weight is 333 g/mol. The maximum absolute atomic E-state index is 13.0. The van der Waals surface area contributed by atoms with Crippen LogP contribution in [0.4, 0.5) is 0 Å². The normalized spacial score (nSPS) is 26.0. The first-order chi connectivity index (χ1) is 12.1. The molecule has 2 aliphatic rings. The molecule has 0 spiro atoms. The van der Waals surface area contributed by atoms with Crippen molar-refractivity contribution in [1.29, 1.82) is 0 Å². The zero-order valence-electron chi connectivity index (χ0n) is 13.8. The van der Waals surface area contributed by atoms with Gasteiger partial charge in [0.25, 0.3) is 0 Å². The van der Waals surface area contributed by atoms with Crippen LogP contribution in [0.2, 0.25) is 0 Å². The van der Waals surface area contributed by atoms with Crippen LogP contribution in [0.3, 0.4) is 0 Å². The van der Waals surface area contributed by atoms with E-state index in [9.17, 15) is 14.4 Å². The van der Waals surface area contributed by atoms with E-state index in [1.165, 1.54) is 4.90 Å². The third-order valence-electron chi connectivity index (χ3n) is 5.31. The number of amides is 2. The minimum absolute atomic E-state index is 0.0674. The van der Waals surface area contributed by atoms with Gasteiger partial charge in [0, 0.05) is 18.8 Å². The van der Waals surface area contributed by atoms with Gasteiger partial charge in [-0.2, -0.15) is 0 Å². The van der Waals surface area contributed by atoms with Crippen LogP contribution in [-0.4, -0.2) is 22.5 Å². The fourth-order valence-corrected chi connectivity index (χ4v) is 4.13. The number of hydrogen-bond donors (Lipinski definition) is 0. The van der Waals surface area contributed by atoms with Crippen molar-refractivity contribution < 1.29 is 14.4 Å². The standard InChI is InChI=1S/C21H19NO3/c23-16-11-17(15-9-5-2-6-10-15)19-18(12-16)20(24)22(21(19)25)13-14-7-3-1-4-8-14/h1-10,17-19H,11-13H2/t17-,18-,19+/m0/s1. The molecule has 0 N–H and O–H groups in total. The number of hydrogen-bond acceptors (Lipinski definition) is 3. The van der Waals surface area contributed by atoms with Crippen molar-refractivity contribution in [2.24, 2.45) is 11.8 Å². The predicted octanol–water partition coefficient (Wildman–Crippen LogP) is 2.93. The lowest BCUT2D eigenvalue weighted by molar-refractivity contribution is -0.141. The molecule has 2 aromatic rings. The minimum Gasteiger partial charge on any atom is -0.300 e. The molecule has 4 heteroatoms. The van der Waals surface area contributed by atoms with Crippen molar-refractivity contribution in [2.75, 3.05) is 0 Å². The van der Waals surface area contributed by atoms with Gasteiger partial charge in [-0.05, 0) is 11.1 Å². The molecule has 25 heavy (non-hydrogen) atoms. The first-order valence-corrected chi connectivity index (χ1v) is 8.61. The molecule has 3 atom stereocenters. The van der Waals surface area contributed by atoms with Gasteiger partial charge in [-0.1, -0.05) is 60.7 Å². The van der Waals surface area contributed by atoms with Crippen LogP contribution >= 0.6 is 0 Å². The zero-order valence-corrected chi connectivity index (χ0v) is 13.8. The van der Waals surface area contributed by atoms with Crippen molar-refractivity contribution >= 4 is 17.6 Å². The number of likely N-dealkylation sites (tertiary alicyclic amines) is 1. The Balaban J connectivity index is 1.66. The van der Waals surface area contributed by atoms with E-state index in [0.717, 1.165) is 11.1 Å². The van der Waals surface area contributed by atoms with Gasteiger partial charge in [-0.3, -0.25) is 19.3 Å². The highest BCUT2D eigenvalue weighted by atomic mass is 16.2. The zero-order chi connectivity index (χ0) is 17.4. The molecule has 1 heterocycles. The van der Waals surface area contributed by atoms with Gasteiger partial charge in [-0.15, -0.1) is 0 Å². The highest BCUT2D eigenvalue weighted by Gasteiger charge is 2.54. The monoisotopic (exact) mass is 333 g/mol. The lowest BCUT2D eigenvalue weighted by Gasteiger charge is -2.29. The molecule has 0 radical (unpaired) electrons. The summed E-state index contributed by atoms with van der Waals surface area (Å²) in [6.45, 7) is 0.279. The summed E-state index contributed by atoms with van der Waals surface area (Å²) in [5.74, 6) is -1.41. The van der Waals surface area contributed by atoms with Crippen LogP contribution in [0.15, 0.2) is 60.7 Å². The van der Waals surface area contributed by atoms with Gasteiger partial charge in [-0.25, -0.2) is 0 Å². The number of carbonyl (C=O) groups excluding carboxylic acids is 3. The third-order valence-corrected chi connectivity index (χ3v) is 5.31. The van der Waals surface area contributed by atoms with E-state index in [1.54, 1.807) is 0 Å². The smallest absolute Gasteiger partial charge is 0.234 e. The van der Waals surface area contributed by atoms with E-state index < -0.39 is 11.8 Å². The molecule has 2 amide bonds. The van der Waals surface area contributed by atoms with Crippen molar-refractivity contribution in [3.63, 3.8) is 0 Å². The van der Waals surface area contributed by atoms with Crippen LogP contribution in [0.25, 0.3) is 0 Å². The molecule has 0 unspecified atom stereocenters. The number of carbonyl (C=O) groups is 3. The lowest BCUT2D eigenvalue weighted by Crippen LogP contribution is -2.33. The first kappa shape index (κ1) is 15.8. The highest BCUT2D eigenvalue weighted by Crippen LogP contribution is 2.45. The van der Waals surface area contributed by atoms with Gasteiger partial charge in [0.1, 0.15) is 5.78 Å². The van der Waals surface area contributed by atoms with Gasteiger partial charge in [0.15, 0.2) is 0 Å². The van der Waals surface area contributed by atoms with E-state index in [4.69, 9.17) is 0 Å². The van der Waals surface area contributed by atoms with Crippen LogP contribution in [0.1, 0.15) is 29.9 Å². The SMILES string of the molecule is O=C1C[C@@H]2C(=O)N(Cc3ccccc3)C(=O)[C@@H]2[C@H](c2ccccc2)C1. The van der Waals surface area contributed by atoms with Crippen molar-refractivity contribution in [3.8, 4) is 0 Å². The number of Topliss-reactive ketones (excluding diaryl/α,β-unsaturated/α-hetero) is 1. The Morgan fingerprint density at radius 3 is 2.04 bits per heavy atom. The molecular formula is C21H19NO3. The molecule has 1 aliphatic carbocycles. The Morgan fingerprint density at radius 2 is 1.36 bits per heavy atom. The Labute approximate surface area is 146 Å². The quantitative estimate of drug-likeness (QED) is 0.812. The van der Waals surface area contributed by atoms with Crippen LogP contribution < -0.4 is 0 Å². The Morgan fingerprint density at radius 1 is 0.760 bits per heavy atom. The molecular weight excluding hydrogens is 314 g/mol. The topological polar surface area (TPSA) is 54.5 Å². The highest BCUT2D eigenvalue weighted by molar-refractivity contribution is 6.08.